The Balaban J connectivity index is 1.99. The number of nitrogens with one attached hydrogen (secondary N) is 1. The Hall–Kier alpha value is -1.64. The maximum absolute atomic E-state index is 8.93. The lowest BCUT2D eigenvalue weighted by Gasteiger charge is -2.31. The van der Waals surface area contributed by atoms with E-state index < -0.39 is 0 Å². The van der Waals surface area contributed by atoms with Gasteiger partial charge in [-0.05, 0) is 32.0 Å². The highest BCUT2D eigenvalue weighted by atomic mass is 16.5. The van der Waals surface area contributed by atoms with Crippen molar-refractivity contribution in [2.24, 2.45) is 0 Å². The number of anilines is 1. The van der Waals surface area contributed by atoms with Gasteiger partial charge in [0.15, 0.2) is 6.10 Å². The van der Waals surface area contributed by atoms with Gasteiger partial charge in [-0.15, -0.1) is 0 Å². The molecule has 1 aliphatic heterocycles. The zero-order valence-electron chi connectivity index (χ0n) is 12.2. The van der Waals surface area contributed by atoms with Crippen LogP contribution in [-0.4, -0.2) is 37.3 Å². The SMILES string of the molecule is CCCNC(C)c1ccc(N2CCOC(C#N)C2)cn1. The predicted octanol–water partition coefficient (Wildman–Crippen LogP) is 1.87. The van der Waals surface area contributed by atoms with Crippen LogP contribution in [0.2, 0.25) is 0 Å². The molecule has 2 heterocycles. The van der Waals surface area contributed by atoms with Crippen LogP contribution < -0.4 is 10.2 Å². The first kappa shape index (κ1) is 14.8. The molecule has 5 nitrogen and oxygen atoms in total. The summed E-state index contributed by atoms with van der Waals surface area (Å²) in [6.45, 7) is 7.29. The monoisotopic (exact) mass is 274 g/mol. The van der Waals surface area contributed by atoms with E-state index in [4.69, 9.17) is 10.00 Å². The Morgan fingerprint density at radius 1 is 1.60 bits per heavy atom. The lowest BCUT2D eigenvalue weighted by molar-refractivity contribution is 0.0764. The number of hydrogen-bond acceptors (Lipinski definition) is 5. The van der Waals surface area contributed by atoms with Gasteiger partial charge in [-0.25, -0.2) is 0 Å². The lowest BCUT2D eigenvalue weighted by atomic mass is 10.2. The summed E-state index contributed by atoms with van der Waals surface area (Å²) in [5.41, 5.74) is 2.10. The molecule has 0 amide bonds. The average molecular weight is 274 g/mol. The maximum atomic E-state index is 8.93. The van der Waals surface area contributed by atoms with E-state index in [1.165, 1.54) is 0 Å². The van der Waals surface area contributed by atoms with E-state index in [2.05, 4.69) is 47.3 Å². The lowest BCUT2D eigenvalue weighted by Crippen LogP contribution is -2.41. The summed E-state index contributed by atoms with van der Waals surface area (Å²) >= 11 is 0. The number of pyridine rings is 1. The smallest absolute Gasteiger partial charge is 0.161 e. The van der Waals surface area contributed by atoms with Gasteiger partial charge in [0, 0.05) is 12.6 Å². The Bertz CT molecular complexity index is 454. The van der Waals surface area contributed by atoms with Gasteiger partial charge >= 0.3 is 0 Å². The Morgan fingerprint density at radius 3 is 3.10 bits per heavy atom. The second-order valence-electron chi connectivity index (χ2n) is 5.05. The van der Waals surface area contributed by atoms with Gasteiger partial charge in [0.2, 0.25) is 0 Å². The molecule has 2 unspecified atom stereocenters. The minimum Gasteiger partial charge on any atom is -0.364 e. The van der Waals surface area contributed by atoms with E-state index in [1.807, 2.05) is 6.20 Å². The van der Waals surface area contributed by atoms with Crippen LogP contribution in [0.25, 0.3) is 0 Å². The minimum atomic E-state index is -0.339. The van der Waals surface area contributed by atoms with E-state index in [-0.39, 0.29) is 12.1 Å². The predicted molar refractivity (Wildman–Crippen MR) is 78.5 cm³/mol. The molecule has 0 aliphatic carbocycles. The first-order valence-electron chi connectivity index (χ1n) is 7.20. The zero-order valence-corrected chi connectivity index (χ0v) is 12.2. The fourth-order valence-electron chi connectivity index (χ4n) is 2.27. The van der Waals surface area contributed by atoms with Crippen molar-refractivity contribution in [3.8, 4) is 6.07 Å². The Labute approximate surface area is 120 Å². The van der Waals surface area contributed by atoms with E-state index in [9.17, 15) is 0 Å². The van der Waals surface area contributed by atoms with Crippen LogP contribution in [0, 0.1) is 11.3 Å². The second-order valence-corrected chi connectivity index (χ2v) is 5.05. The Morgan fingerprint density at radius 2 is 2.45 bits per heavy atom. The number of nitrogens with zero attached hydrogens (tertiary/aromatic N) is 3. The summed E-state index contributed by atoms with van der Waals surface area (Å²) in [5, 5.41) is 12.4. The number of hydrogen-bond donors (Lipinski definition) is 1. The molecule has 108 valence electrons. The number of ether oxygens (including phenoxy) is 1. The molecule has 1 fully saturated rings. The third-order valence-corrected chi connectivity index (χ3v) is 3.49. The van der Waals surface area contributed by atoms with Crippen LogP contribution >= 0.6 is 0 Å². The van der Waals surface area contributed by atoms with Crippen molar-refractivity contribution < 1.29 is 4.74 Å². The number of aromatic nitrogens is 1. The van der Waals surface area contributed by atoms with Crippen molar-refractivity contribution in [1.29, 1.82) is 5.26 Å². The van der Waals surface area contributed by atoms with Crippen LogP contribution in [-0.2, 0) is 4.74 Å². The van der Waals surface area contributed by atoms with Gasteiger partial charge < -0.3 is 15.0 Å². The van der Waals surface area contributed by atoms with Crippen molar-refractivity contribution in [2.45, 2.75) is 32.4 Å². The molecule has 5 heteroatoms. The molecule has 1 saturated heterocycles. The van der Waals surface area contributed by atoms with Crippen molar-refractivity contribution in [2.75, 3.05) is 31.1 Å². The topological polar surface area (TPSA) is 61.2 Å². The zero-order chi connectivity index (χ0) is 14.4. The summed E-state index contributed by atoms with van der Waals surface area (Å²) in [7, 11) is 0. The molecule has 2 atom stereocenters. The van der Waals surface area contributed by atoms with E-state index in [1.54, 1.807) is 0 Å². The standard InChI is InChI=1S/C15H22N4O/c1-3-6-17-12(2)15-5-4-13(10-18-15)19-7-8-20-14(9-16)11-19/h4-5,10,12,14,17H,3,6-8,11H2,1-2H3. The van der Waals surface area contributed by atoms with Gasteiger partial charge in [-0.3, -0.25) is 4.98 Å². The van der Waals surface area contributed by atoms with Crippen LogP contribution in [0.5, 0.6) is 0 Å². The number of morpholine rings is 1. The molecule has 0 radical (unpaired) electrons. The summed E-state index contributed by atoms with van der Waals surface area (Å²) in [6.07, 6.45) is 2.67. The van der Waals surface area contributed by atoms with Crippen molar-refractivity contribution >= 4 is 5.69 Å². The molecule has 1 aromatic rings. The third-order valence-electron chi connectivity index (χ3n) is 3.49. The highest BCUT2D eigenvalue weighted by Crippen LogP contribution is 2.19. The molecule has 1 N–H and O–H groups in total. The van der Waals surface area contributed by atoms with Crippen molar-refractivity contribution in [3.63, 3.8) is 0 Å². The molecule has 0 spiro atoms. The molecule has 1 aliphatic rings. The highest BCUT2D eigenvalue weighted by Gasteiger charge is 2.20. The largest absolute Gasteiger partial charge is 0.364 e. The molecular weight excluding hydrogens is 252 g/mol. The van der Waals surface area contributed by atoms with E-state index in [0.29, 0.717) is 13.2 Å². The molecule has 20 heavy (non-hydrogen) atoms. The van der Waals surface area contributed by atoms with Crippen molar-refractivity contribution in [1.82, 2.24) is 10.3 Å². The van der Waals surface area contributed by atoms with E-state index >= 15 is 0 Å². The van der Waals surface area contributed by atoms with Crippen molar-refractivity contribution in [3.05, 3.63) is 24.0 Å². The van der Waals surface area contributed by atoms with Crippen LogP contribution in [0.15, 0.2) is 18.3 Å². The number of nitriles is 1. The molecule has 1 aromatic heterocycles. The second kappa shape index (κ2) is 7.22. The average Bonchev–Trinajstić information content (AvgIpc) is 2.52. The quantitative estimate of drug-likeness (QED) is 0.888. The fraction of sp³-hybridized carbons (Fsp3) is 0.600. The summed E-state index contributed by atoms with van der Waals surface area (Å²) < 4.78 is 5.35. The van der Waals surface area contributed by atoms with E-state index in [0.717, 1.165) is 30.9 Å². The van der Waals surface area contributed by atoms with Crippen LogP contribution in [0.1, 0.15) is 32.0 Å². The van der Waals surface area contributed by atoms with Crippen LogP contribution in [0.4, 0.5) is 5.69 Å². The van der Waals surface area contributed by atoms with Crippen LogP contribution in [0.3, 0.4) is 0 Å². The first-order valence-corrected chi connectivity index (χ1v) is 7.20. The first-order chi connectivity index (χ1) is 9.74. The molecule has 0 bridgehead atoms. The van der Waals surface area contributed by atoms with Gasteiger partial charge in [0.05, 0.1) is 36.8 Å². The normalized spacial score (nSPS) is 20.4. The van der Waals surface area contributed by atoms with Gasteiger partial charge in [0.1, 0.15) is 0 Å². The van der Waals surface area contributed by atoms with Gasteiger partial charge in [-0.2, -0.15) is 5.26 Å². The third kappa shape index (κ3) is 3.69. The summed E-state index contributed by atoms with van der Waals surface area (Å²) in [5.74, 6) is 0. The Kier molecular flexibility index (Phi) is 5.33. The summed E-state index contributed by atoms with van der Waals surface area (Å²) in [6, 6.07) is 6.56. The fourth-order valence-corrected chi connectivity index (χ4v) is 2.27. The van der Waals surface area contributed by atoms with Gasteiger partial charge in [-0.1, -0.05) is 6.92 Å². The highest BCUT2D eigenvalue weighted by molar-refractivity contribution is 5.45. The number of rotatable bonds is 5. The summed E-state index contributed by atoms with van der Waals surface area (Å²) in [4.78, 5) is 6.68. The van der Waals surface area contributed by atoms with Gasteiger partial charge in [0.25, 0.3) is 0 Å². The molecular formula is C15H22N4O. The maximum Gasteiger partial charge on any atom is 0.161 e. The molecule has 2 rings (SSSR count). The minimum absolute atomic E-state index is 0.264. The molecule has 0 aromatic carbocycles. The molecule has 0 saturated carbocycles.